The Labute approximate surface area is 268 Å². The Morgan fingerprint density at radius 3 is 2.47 bits per heavy atom. The van der Waals surface area contributed by atoms with E-state index in [1.807, 2.05) is 4.90 Å². The molecule has 4 fully saturated rings. The average Bonchev–Trinajstić information content (AvgIpc) is 3.72. The lowest BCUT2D eigenvalue weighted by atomic mass is 9.95. The van der Waals surface area contributed by atoms with Crippen LogP contribution < -0.4 is 20.5 Å². The molecule has 4 aliphatic rings. The van der Waals surface area contributed by atoms with Crippen LogP contribution in [-0.4, -0.2) is 75.0 Å². The molecule has 8 rings (SSSR count). The summed E-state index contributed by atoms with van der Waals surface area (Å²) < 4.78 is 66.9. The maximum Gasteiger partial charge on any atom is 0.431 e. The number of aryl methyl sites for hydroxylation is 1. The van der Waals surface area contributed by atoms with Gasteiger partial charge in [0.05, 0.1) is 16.6 Å². The smallest absolute Gasteiger partial charge is 0.431 e. The first-order chi connectivity index (χ1) is 22.5. The van der Waals surface area contributed by atoms with Crippen molar-refractivity contribution in [3.63, 3.8) is 0 Å². The summed E-state index contributed by atoms with van der Waals surface area (Å²) in [5, 5.41) is 14.5. The largest absolute Gasteiger partial charge is 0.508 e. The summed E-state index contributed by atoms with van der Waals surface area (Å²) in [5.74, 6) is -0.747. The number of halogens is 4. The summed E-state index contributed by atoms with van der Waals surface area (Å²) in [6.45, 7) is 5.00. The minimum Gasteiger partial charge on any atom is -0.508 e. The number of aromatic nitrogens is 3. The van der Waals surface area contributed by atoms with E-state index in [4.69, 9.17) is 9.72 Å². The second-order valence-corrected chi connectivity index (χ2v) is 13.5. The minimum atomic E-state index is -4.99. The predicted octanol–water partition coefficient (Wildman–Crippen LogP) is 5.31. The van der Waals surface area contributed by atoms with Crippen LogP contribution in [0.5, 0.6) is 11.8 Å². The molecule has 2 bridgehead atoms. The number of hydrogen-bond acceptors (Lipinski definition) is 8. The molecule has 0 saturated carbocycles. The summed E-state index contributed by atoms with van der Waals surface area (Å²) in [7, 11) is 0. The van der Waals surface area contributed by atoms with Gasteiger partial charge in [0, 0.05) is 36.6 Å². The molecular weight excluding hydrogens is 616 g/mol. The van der Waals surface area contributed by atoms with E-state index in [0.29, 0.717) is 29.6 Å². The van der Waals surface area contributed by atoms with Gasteiger partial charge in [-0.25, -0.2) is 4.39 Å². The second-order valence-electron chi connectivity index (χ2n) is 13.5. The highest BCUT2D eigenvalue weighted by molar-refractivity contribution is 5.96. The third kappa shape index (κ3) is 5.00. The van der Waals surface area contributed by atoms with Crippen LogP contribution in [0.2, 0.25) is 0 Å². The van der Waals surface area contributed by atoms with Crippen molar-refractivity contribution in [3.05, 3.63) is 57.8 Å². The van der Waals surface area contributed by atoms with Gasteiger partial charge in [-0.05, 0) is 87.2 Å². The molecule has 0 unspecified atom stereocenters. The highest BCUT2D eigenvalue weighted by Crippen LogP contribution is 2.41. The zero-order valence-corrected chi connectivity index (χ0v) is 26.0. The number of benzene rings is 2. The van der Waals surface area contributed by atoms with E-state index >= 15 is 17.6 Å². The van der Waals surface area contributed by atoms with Crippen LogP contribution in [0.25, 0.3) is 27.4 Å². The first kappa shape index (κ1) is 30.4. The van der Waals surface area contributed by atoms with Crippen molar-refractivity contribution < 1.29 is 27.4 Å². The van der Waals surface area contributed by atoms with Crippen molar-refractivity contribution in [1.29, 1.82) is 0 Å². The number of nitrogens with zero attached hydrogens (tertiary/aromatic N) is 5. The van der Waals surface area contributed by atoms with Crippen LogP contribution in [0.4, 0.5) is 23.4 Å². The van der Waals surface area contributed by atoms with E-state index in [-0.39, 0.29) is 69.2 Å². The van der Waals surface area contributed by atoms with Gasteiger partial charge in [-0.3, -0.25) is 14.3 Å². The minimum absolute atomic E-state index is 0.0277. The molecule has 0 radical (unpaired) electrons. The first-order valence-corrected chi connectivity index (χ1v) is 16.4. The van der Waals surface area contributed by atoms with Crippen molar-refractivity contribution in [1.82, 2.24) is 24.8 Å². The van der Waals surface area contributed by atoms with Crippen LogP contribution in [0.15, 0.2) is 35.1 Å². The van der Waals surface area contributed by atoms with Gasteiger partial charge in [-0.1, -0.05) is 13.0 Å². The maximum absolute atomic E-state index is 15.1. The Bertz CT molecular complexity index is 1940. The number of piperazine rings is 1. The van der Waals surface area contributed by atoms with Gasteiger partial charge in [0.15, 0.2) is 0 Å². The van der Waals surface area contributed by atoms with E-state index < -0.39 is 23.2 Å². The highest BCUT2D eigenvalue weighted by Gasteiger charge is 2.45. The number of alkyl halides is 3. The summed E-state index contributed by atoms with van der Waals surface area (Å²) in [6, 6.07) is 6.16. The number of pyridine rings is 1. The summed E-state index contributed by atoms with van der Waals surface area (Å²) >= 11 is 0. The topological polar surface area (TPSA) is 95.8 Å². The highest BCUT2D eigenvalue weighted by atomic mass is 19.4. The molecule has 2 aromatic carbocycles. The fraction of sp³-hybridized carbons (Fsp3) is 0.500. The quantitative estimate of drug-likeness (QED) is 0.271. The van der Waals surface area contributed by atoms with Crippen molar-refractivity contribution in [2.75, 3.05) is 37.7 Å². The van der Waals surface area contributed by atoms with E-state index in [1.165, 1.54) is 18.2 Å². The molecule has 4 aliphatic heterocycles. The van der Waals surface area contributed by atoms with Crippen LogP contribution >= 0.6 is 0 Å². The molecule has 0 aliphatic carbocycles. The van der Waals surface area contributed by atoms with E-state index in [1.54, 1.807) is 6.92 Å². The Morgan fingerprint density at radius 1 is 1.06 bits per heavy atom. The standard InChI is InChI=1S/C34H36F4N6O3/c1-2-23-25(35)8-5-19-13-22(45)14-26(28(19)23)44-27(34(36,37)38)15-24-29(31(44)46)40-32(47-18-33-9-3-11-43(33)12-4-10-33)41-30(24)42-16-20-6-7-21(17-42)39-20/h5,8,13-15,20-21,39,45H,2-4,6-7,9-12,16-18H2,1H3/t20-,21+. The van der Waals surface area contributed by atoms with Gasteiger partial charge in [-0.2, -0.15) is 23.1 Å². The molecule has 13 heteroatoms. The Balaban J connectivity index is 1.37. The molecule has 9 nitrogen and oxygen atoms in total. The molecule has 0 amide bonds. The fourth-order valence-corrected chi connectivity index (χ4v) is 8.53. The van der Waals surface area contributed by atoms with Gasteiger partial charge in [0.25, 0.3) is 5.56 Å². The summed E-state index contributed by atoms with van der Waals surface area (Å²) in [4.78, 5) is 28.1. The van der Waals surface area contributed by atoms with Crippen LogP contribution in [0.1, 0.15) is 56.7 Å². The lowest BCUT2D eigenvalue weighted by molar-refractivity contribution is -0.142. The van der Waals surface area contributed by atoms with Gasteiger partial charge in [0.2, 0.25) is 0 Å². The van der Waals surface area contributed by atoms with Crippen LogP contribution in [0.3, 0.4) is 0 Å². The molecule has 4 aromatic rings. The first-order valence-electron chi connectivity index (χ1n) is 16.4. The lowest BCUT2D eigenvalue weighted by Crippen LogP contribution is -2.51. The number of aromatic hydroxyl groups is 1. The molecule has 2 atom stereocenters. The number of nitrogens with one attached hydrogen (secondary N) is 1. The molecule has 2 aromatic heterocycles. The van der Waals surface area contributed by atoms with Crippen molar-refractivity contribution >= 4 is 27.5 Å². The van der Waals surface area contributed by atoms with Gasteiger partial charge in [0.1, 0.15) is 35.2 Å². The number of ether oxygens (including phenoxy) is 1. The molecule has 0 spiro atoms. The van der Waals surface area contributed by atoms with Gasteiger partial charge >= 0.3 is 12.2 Å². The molecule has 6 heterocycles. The number of anilines is 1. The van der Waals surface area contributed by atoms with Crippen molar-refractivity contribution in [3.8, 4) is 17.4 Å². The Morgan fingerprint density at radius 2 is 1.79 bits per heavy atom. The normalized spacial score (nSPS) is 22.4. The second kappa shape index (κ2) is 11.0. The zero-order valence-electron chi connectivity index (χ0n) is 26.0. The monoisotopic (exact) mass is 652 g/mol. The molecule has 47 heavy (non-hydrogen) atoms. The number of phenols is 1. The third-order valence-electron chi connectivity index (χ3n) is 10.6. The maximum atomic E-state index is 15.1. The SMILES string of the molecule is CCc1c(F)ccc2cc(O)cc(-n3c(C(F)(F)F)cc4c(N5C[C@H]6CC[C@@H](C5)N6)nc(OCC56CCCN5CCC6)nc4c3=O)c12. The Hall–Kier alpha value is -3.97. The predicted molar refractivity (Wildman–Crippen MR) is 169 cm³/mol. The van der Waals surface area contributed by atoms with E-state index in [2.05, 4.69) is 15.2 Å². The Kier molecular flexibility index (Phi) is 7.14. The zero-order chi connectivity index (χ0) is 32.7. The third-order valence-corrected chi connectivity index (χ3v) is 10.6. The van der Waals surface area contributed by atoms with Crippen LogP contribution in [0, 0.1) is 5.82 Å². The summed E-state index contributed by atoms with van der Waals surface area (Å²) in [5.41, 5.74) is -2.84. The van der Waals surface area contributed by atoms with Gasteiger partial charge < -0.3 is 20.1 Å². The summed E-state index contributed by atoms with van der Waals surface area (Å²) in [6.07, 6.45) is 1.08. The molecule has 248 valence electrons. The molecule has 2 N–H and O–H groups in total. The molecular formula is C34H36F4N6O3. The van der Waals surface area contributed by atoms with Crippen molar-refractivity contribution in [2.45, 2.75) is 75.7 Å². The lowest BCUT2D eigenvalue weighted by Gasteiger charge is -2.35. The van der Waals surface area contributed by atoms with E-state index in [0.717, 1.165) is 63.7 Å². The number of hydrogen-bond donors (Lipinski definition) is 2. The van der Waals surface area contributed by atoms with Gasteiger partial charge in [-0.15, -0.1) is 0 Å². The number of rotatable bonds is 6. The van der Waals surface area contributed by atoms with Crippen molar-refractivity contribution in [2.24, 2.45) is 0 Å². The van der Waals surface area contributed by atoms with Crippen LogP contribution in [-0.2, 0) is 12.6 Å². The molecule has 4 saturated heterocycles. The average molecular weight is 653 g/mol. The number of fused-ring (bicyclic) bond motifs is 5. The fourth-order valence-electron chi connectivity index (χ4n) is 8.53. The number of phenolic OH excluding ortho intramolecular Hbond substituents is 1. The van der Waals surface area contributed by atoms with E-state index in [9.17, 15) is 9.90 Å².